The lowest BCUT2D eigenvalue weighted by atomic mass is 9.89. The van der Waals surface area contributed by atoms with Gasteiger partial charge in [0.15, 0.2) is 0 Å². The Bertz CT molecular complexity index is 1030. The van der Waals surface area contributed by atoms with Crippen molar-refractivity contribution in [1.82, 2.24) is 10.3 Å². The third kappa shape index (κ3) is 4.46. The third-order valence-electron chi connectivity index (χ3n) is 5.04. The third-order valence-corrected chi connectivity index (χ3v) is 5.25. The van der Waals surface area contributed by atoms with E-state index in [1.165, 1.54) is 6.07 Å². The number of benzene rings is 2. The zero-order valence-corrected chi connectivity index (χ0v) is 15.9. The number of aromatic nitrogens is 1. The highest BCUT2D eigenvalue weighted by molar-refractivity contribution is 6.30. The quantitative estimate of drug-likeness (QED) is 0.418. The summed E-state index contributed by atoms with van der Waals surface area (Å²) in [6.45, 7) is 0.629. The van der Waals surface area contributed by atoms with Gasteiger partial charge < -0.3 is 10.1 Å². The number of nitrogens with zero attached hydrogens (tertiary/aromatic N) is 1. The molecular formula is C21H17ClF4N2O. The second-order valence-electron chi connectivity index (χ2n) is 7.07. The Hall–Kier alpha value is -2.38. The number of nitrogens with one attached hydrogen (secondary N) is 1. The number of hydrogen-bond donors (Lipinski definition) is 1. The van der Waals surface area contributed by atoms with Gasteiger partial charge >= 0.3 is 6.18 Å². The molecule has 8 heteroatoms. The standard InChI is InChI=1S/C21H17ClF4N2O/c22-20-9-17-12(2-1-3-13(17)11-28-20)10-27-14-6-16(7-14)29-15-4-5-19(23)18(8-15)21(24,25)26/h1-5,8-9,11,14,16,27H,6-7,10H2/t14-,16-. The Labute approximate surface area is 169 Å². The Balaban J connectivity index is 1.33. The topological polar surface area (TPSA) is 34.1 Å². The Morgan fingerprint density at radius 3 is 2.69 bits per heavy atom. The van der Waals surface area contributed by atoms with Gasteiger partial charge in [-0.3, -0.25) is 0 Å². The van der Waals surface area contributed by atoms with Crippen molar-refractivity contribution in [3.8, 4) is 5.75 Å². The van der Waals surface area contributed by atoms with Crippen LogP contribution in [-0.4, -0.2) is 17.1 Å². The van der Waals surface area contributed by atoms with E-state index in [-0.39, 0.29) is 17.9 Å². The van der Waals surface area contributed by atoms with Gasteiger partial charge in [-0.2, -0.15) is 13.2 Å². The van der Waals surface area contributed by atoms with E-state index in [0.29, 0.717) is 30.6 Å². The summed E-state index contributed by atoms with van der Waals surface area (Å²) in [5.41, 5.74) is -0.224. The fourth-order valence-electron chi connectivity index (χ4n) is 3.43. The van der Waals surface area contributed by atoms with Crippen molar-refractivity contribution in [1.29, 1.82) is 0 Å². The van der Waals surface area contributed by atoms with E-state index >= 15 is 0 Å². The molecule has 1 aliphatic rings. The molecule has 0 unspecified atom stereocenters. The van der Waals surface area contributed by atoms with Crippen LogP contribution in [0, 0.1) is 5.82 Å². The van der Waals surface area contributed by atoms with Crippen LogP contribution in [0.5, 0.6) is 5.75 Å². The molecule has 4 rings (SSSR count). The van der Waals surface area contributed by atoms with Crippen molar-refractivity contribution in [2.24, 2.45) is 0 Å². The molecular weight excluding hydrogens is 408 g/mol. The SMILES string of the molecule is Fc1ccc(O[C@H]2C[C@H](NCc3cccc4cnc(Cl)cc34)C2)cc1C(F)(F)F. The molecule has 0 spiro atoms. The van der Waals surface area contributed by atoms with Crippen molar-refractivity contribution in [3.63, 3.8) is 0 Å². The Kier molecular flexibility index (Phi) is 5.36. The summed E-state index contributed by atoms with van der Waals surface area (Å²) in [6.07, 6.45) is -1.90. The number of ether oxygens (including phenoxy) is 1. The normalized spacial score (nSPS) is 19.2. The van der Waals surface area contributed by atoms with Gasteiger partial charge in [0.05, 0.1) is 5.56 Å². The maximum absolute atomic E-state index is 13.4. The summed E-state index contributed by atoms with van der Waals surface area (Å²) in [4.78, 5) is 4.08. The molecule has 0 aliphatic heterocycles. The summed E-state index contributed by atoms with van der Waals surface area (Å²) in [5, 5.41) is 5.88. The van der Waals surface area contributed by atoms with Crippen LogP contribution in [0.25, 0.3) is 10.8 Å². The Morgan fingerprint density at radius 1 is 1.14 bits per heavy atom. The van der Waals surface area contributed by atoms with Gasteiger partial charge in [-0.05, 0) is 48.1 Å². The van der Waals surface area contributed by atoms with Crippen molar-refractivity contribution >= 4 is 22.4 Å². The molecule has 1 N–H and O–H groups in total. The molecule has 2 aromatic carbocycles. The predicted molar refractivity (Wildman–Crippen MR) is 102 cm³/mol. The second kappa shape index (κ2) is 7.80. The molecule has 1 fully saturated rings. The van der Waals surface area contributed by atoms with Crippen LogP contribution in [0.15, 0.2) is 48.7 Å². The molecule has 0 atom stereocenters. The molecule has 1 aromatic heterocycles. The van der Waals surface area contributed by atoms with E-state index in [0.717, 1.165) is 22.4 Å². The predicted octanol–water partition coefficient (Wildman–Crippen LogP) is 5.75. The zero-order valence-electron chi connectivity index (χ0n) is 15.1. The number of pyridine rings is 1. The van der Waals surface area contributed by atoms with Crippen LogP contribution < -0.4 is 10.1 Å². The average molecular weight is 425 g/mol. The van der Waals surface area contributed by atoms with E-state index < -0.39 is 17.6 Å². The lowest BCUT2D eigenvalue weighted by molar-refractivity contribution is -0.140. The Morgan fingerprint density at radius 2 is 1.93 bits per heavy atom. The molecule has 0 saturated heterocycles. The second-order valence-corrected chi connectivity index (χ2v) is 7.46. The molecule has 0 amide bonds. The molecule has 0 radical (unpaired) electrons. The zero-order chi connectivity index (χ0) is 20.6. The van der Waals surface area contributed by atoms with Crippen LogP contribution in [0.4, 0.5) is 17.6 Å². The number of alkyl halides is 3. The molecule has 1 heterocycles. The molecule has 3 aromatic rings. The van der Waals surface area contributed by atoms with Crippen LogP contribution in [0.1, 0.15) is 24.0 Å². The smallest absolute Gasteiger partial charge is 0.419 e. The van der Waals surface area contributed by atoms with Crippen molar-refractivity contribution in [2.75, 3.05) is 0 Å². The molecule has 152 valence electrons. The number of rotatable bonds is 5. The highest BCUT2D eigenvalue weighted by Gasteiger charge is 2.35. The summed E-state index contributed by atoms with van der Waals surface area (Å²) in [6, 6.07) is 10.7. The number of hydrogen-bond acceptors (Lipinski definition) is 3. The van der Waals surface area contributed by atoms with Crippen molar-refractivity contribution in [3.05, 3.63) is 70.8 Å². The van der Waals surface area contributed by atoms with E-state index in [2.05, 4.69) is 10.3 Å². The summed E-state index contributed by atoms with van der Waals surface area (Å²) in [7, 11) is 0. The maximum Gasteiger partial charge on any atom is 0.419 e. The number of fused-ring (bicyclic) bond motifs is 1. The number of halogens is 5. The van der Waals surface area contributed by atoms with Crippen LogP contribution in [0.3, 0.4) is 0 Å². The van der Waals surface area contributed by atoms with Crippen molar-refractivity contribution in [2.45, 2.75) is 37.7 Å². The first-order valence-electron chi connectivity index (χ1n) is 9.09. The lowest BCUT2D eigenvalue weighted by Crippen LogP contribution is -2.46. The molecule has 1 saturated carbocycles. The minimum Gasteiger partial charge on any atom is -0.490 e. The summed E-state index contributed by atoms with van der Waals surface area (Å²) in [5.74, 6) is -1.28. The van der Waals surface area contributed by atoms with E-state index in [4.69, 9.17) is 16.3 Å². The van der Waals surface area contributed by atoms with Crippen LogP contribution >= 0.6 is 11.6 Å². The van der Waals surface area contributed by atoms with E-state index in [9.17, 15) is 17.6 Å². The van der Waals surface area contributed by atoms with Crippen LogP contribution in [-0.2, 0) is 12.7 Å². The van der Waals surface area contributed by atoms with Crippen molar-refractivity contribution < 1.29 is 22.3 Å². The van der Waals surface area contributed by atoms with Gasteiger partial charge in [-0.1, -0.05) is 29.8 Å². The average Bonchev–Trinajstić information content (AvgIpc) is 2.64. The minimum absolute atomic E-state index is 0.0263. The largest absolute Gasteiger partial charge is 0.490 e. The molecule has 0 bridgehead atoms. The van der Waals surface area contributed by atoms with Crippen LogP contribution in [0.2, 0.25) is 5.15 Å². The highest BCUT2D eigenvalue weighted by atomic mass is 35.5. The summed E-state index contributed by atoms with van der Waals surface area (Å²) < 4.78 is 57.3. The lowest BCUT2D eigenvalue weighted by Gasteiger charge is -2.36. The molecule has 3 nitrogen and oxygen atoms in total. The maximum atomic E-state index is 13.4. The molecule has 1 aliphatic carbocycles. The fraction of sp³-hybridized carbons (Fsp3) is 0.286. The monoisotopic (exact) mass is 424 g/mol. The highest BCUT2D eigenvalue weighted by Crippen LogP contribution is 2.35. The van der Waals surface area contributed by atoms with Gasteiger partial charge in [-0.25, -0.2) is 9.37 Å². The first-order chi connectivity index (χ1) is 13.8. The fourth-order valence-corrected chi connectivity index (χ4v) is 3.59. The van der Waals surface area contributed by atoms with Gasteiger partial charge in [0.2, 0.25) is 0 Å². The van der Waals surface area contributed by atoms with Gasteiger partial charge in [0.1, 0.15) is 22.8 Å². The molecule has 29 heavy (non-hydrogen) atoms. The van der Waals surface area contributed by atoms with Gasteiger partial charge in [0.25, 0.3) is 0 Å². The summed E-state index contributed by atoms with van der Waals surface area (Å²) >= 11 is 6.00. The van der Waals surface area contributed by atoms with Gasteiger partial charge in [0, 0.05) is 24.2 Å². The minimum atomic E-state index is -4.75. The first-order valence-corrected chi connectivity index (χ1v) is 9.47. The van der Waals surface area contributed by atoms with E-state index in [1.54, 1.807) is 6.20 Å². The van der Waals surface area contributed by atoms with E-state index in [1.807, 2.05) is 24.3 Å². The van der Waals surface area contributed by atoms with Gasteiger partial charge in [-0.15, -0.1) is 0 Å². The first kappa shape index (κ1) is 19.9.